The minimum Gasteiger partial charge on any atom is -0.344 e. The van der Waals surface area contributed by atoms with E-state index in [-0.39, 0.29) is 0 Å². The lowest BCUT2D eigenvalue weighted by Gasteiger charge is -2.28. The fourth-order valence-corrected chi connectivity index (χ4v) is 3.12. The van der Waals surface area contributed by atoms with Gasteiger partial charge < -0.3 is 10.2 Å². The predicted molar refractivity (Wildman–Crippen MR) is 85.8 cm³/mol. The number of hydrogen-bond donors (Lipinski definition) is 1. The van der Waals surface area contributed by atoms with Crippen LogP contribution in [0.5, 0.6) is 0 Å². The van der Waals surface area contributed by atoms with E-state index in [4.69, 9.17) is 0 Å². The lowest BCUT2D eigenvalue weighted by atomic mass is 9.98. The van der Waals surface area contributed by atoms with E-state index in [0.717, 1.165) is 19.5 Å². The molecule has 0 radical (unpaired) electrons. The molecular weight excluding hydrogens is 244 g/mol. The number of fused-ring (bicyclic) bond motifs is 1. The Morgan fingerprint density at radius 3 is 2.70 bits per heavy atom. The van der Waals surface area contributed by atoms with Crippen LogP contribution in [0.4, 0.5) is 11.4 Å². The van der Waals surface area contributed by atoms with Gasteiger partial charge in [-0.05, 0) is 55.6 Å². The van der Waals surface area contributed by atoms with E-state index in [0.29, 0.717) is 0 Å². The monoisotopic (exact) mass is 266 g/mol. The first kappa shape index (κ1) is 13.2. The normalized spacial score (nSPS) is 13.9. The van der Waals surface area contributed by atoms with Crippen LogP contribution in [-0.2, 0) is 13.0 Å². The first-order chi connectivity index (χ1) is 9.66. The van der Waals surface area contributed by atoms with E-state index in [9.17, 15) is 0 Å². The van der Waals surface area contributed by atoms with Gasteiger partial charge in [0.25, 0.3) is 0 Å². The Labute approximate surface area is 121 Å². The first-order valence-electron chi connectivity index (χ1n) is 7.29. The van der Waals surface area contributed by atoms with Crippen LogP contribution in [-0.4, -0.2) is 13.6 Å². The molecule has 20 heavy (non-hydrogen) atoms. The highest BCUT2D eigenvalue weighted by Gasteiger charge is 2.16. The zero-order valence-electron chi connectivity index (χ0n) is 12.5. The van der Waals surface area contributed by atoms with Crippen molar-refractivity contribution in [3.63, 3.8) is 0 Å². The van der Waals surface area contributed by atoms with Crippen LogP contribution in [0.15, 0.2) is 36.4 Å². The maximum atomic E-state index is 3.48. The molecule has 0 aliphatic carbocycles. The Bertz CT molecular complexity index is 631. The van der Waals surface area contributed by atoms with E-state index < -0.39 is 0 Å². The molecule has 2 aromatic carbocycles. The van der Waals surface area contributed by atoms with Crippen molar-refractivity contribution in [3.05, 3.63) is 58.7 Å². The number of rotatable bonds is 2. The van der Waals surface area contributed by atoms with Gasteiger partial charge in [0.05, 0.1) is 0 Å². The lowest BCUT2D eigenvalue weighted by molar-refractivity contribution is 0.643. The second-order valence-corrected chi connectivity index (χ2v) is 5.69. The van der Waals surface area contributed by atoms with Crippen LogP contribution in [0.25, 0.3) is 0 Å². The SMILES string of the molecule is Cc1ccc(N(C)c2cccc3c2CNCC3)c(C)c1. The summed E-state index contributed by atoms with van der Waals surface area (Å²) in [7, 11) is 2.17. The number of benzene rings is 2. The molecule has 1 aliphatic heterocycles. The molecule has 1 aliphatic rings. The third-order valence-corrected chi connectivity index (χ3v) is 4.20. The third kappa shape index (κ3) is 2.32. The maximum Gasteiger partial charge on any atom is 0.0456 e. The van der Waals surface area contributed by atoms with Gasteiger partial charge in [-0.25, -0.2) is 0 Å². The van der Waals surface area contributed by atoms with Crippen LogP contribution in [0.2, 0.25) is 0 Å². The molecule has 3 rings (SSSR count). The minimum atomic E-state index is 0.973. The van der Waals surface area contributed by atoms with Crippen molar-refractivity contribution in [2.24, 2.45) is 0 Å². The van der Waals surface area contributed by atoms with Gasteiger partial charge in [-0.3, -0.25) is 0 Å². The van der Waals surface area contributed by atoms with E-state index in [1.54, 1.807) is 0 Å². The zero-order valence-corrected chi connectivity index (χ0v) is 12.5. The van der Waals surface area contributed by atoms with Crippen molar-refractivity contribution in [2.45, 2.75) is 26.8 Å². The van der Waals surface area contributed by atoms with Crippen molar-refractivity contribution < 1.29 is 0 Å². The summed E-state index contributed by atoms with van der Waals surface area (Å²) in [5.41, 5.74) is 8.18. The molecule has 0 amide bonds. The summed E-state index contributed by atoms with van der Waals surface area (Å²) >= 11 is 0. The maximum absolute atomic E-state index is 3.48. The molecule has 0 saturated heterocycles. The lowest BCUT2D eigenvalue weighted by Crippen LogP contribution is -2.26. The molecule has 0 bridgehead atoms. The third-order valence-electron chi connectivity index (χ3n) is 4.20. The zero-order chi connectivity index (χ0) is 14.1. The Balaban J connectivity index is 2.04. The molecule has 104 valence electrons. The Hall–Kier alpha value is -1.80. The largest absolute Gasteiger partial charge is 0.344 e. The van der Waals surface area contributed by atoms with Crippen LogP contribution in [0.1, 0.15) is 22.3 Å². The molecular formula is C18H22N2. The Morgan fingerprint density at radius 1 is 1.05 bits per heavy atom. The summed E-state index contributed by atoms with van der Waals surface area (Å²) in [5, 5.41) is 3.48. The molecule has 0 aromatic heterocycles. The van der Waals surface area contributed by atoms with Crippen LogP contribution >= 0.6 is 0 Å². The van der Waals surface area contributed by atoms with Gasteiger partial charge >= 0.3 is 0 Å². The van der Waals surface area contributed by atoms with E-state index in [1.165, 1.54) is 33.6 Å². The average Bonchev–Trinajstić information content (AvgIpc) is 2.46. The van der Waals surface area contributed by atoms with Crippen LogP contribution in [0.3, 0.4) is 0 Å². The van der Waals surface area contributed by atoms with Crippen molar-refractivity contribution in [2.75, 3.05) is 18.5 Å². The molecule has 0 spiro atoms. The van der Waals surface area contributed by atoms with Crippen molar-refractivity contribution in [3.8, 4) is 0 Å². The summed E-state index contributed by atoms with van der Waals surface area (Å²) in [4.78, 5) is 2.32. The van der Waals surface area contributed by atoms with Crippen molar-refractivity contribution >= 4 is 11.4 Å². The van der Waals surface area contributed by atoms with E-state index >= 15 is 0 Å². The molecule has 2 aromatic rings. The number of anilines is 2. The van der Waals surface area contributed by atoms with Gasteiger partial charge in [-0.15, -0.1) is 0 Å². The van der Waals surface area contributed by atoms with Crippen molar-refractivity contribution in [1.29, 1.82) is 0 Å². The standard InChI is InChI=1S/C18H22N2/c1-13-7-8-17(14(2)11-13)20(3)18-6-4-5-15-9-10-19-12-16(15)18/h4-8,11,19H,9-10,12H2,1-3H3. The van der Waals surface area contributed by atoms with E-state index in [2.05, 4.69) is 67.5 Å². The highest BCUT2D eigenvalue weighted by molar-refractivity contribution is 5.70. The summed E-state index contributed by atoms with van der Waals surface area (Å²) in [6, 6.07) is 13.3. The number of hydrogen-bond acceptors (Lipinski definition) is 2. The van der Waals surface area contributed by atoms with Crippen molar-refractivity contribution in [1.82, 2.24) is 5.32 Å². The topological polar surface area (TPSA) is 15.3 Å². The van der Waals surface area contributed by atoms with Crippen LogP contribution in [0, 0.1) is 13.8 Å². The van der Waals surface area contributed by atoms with Gasteiger partial charge in [0.2, 0.25) is 0 Å². The molecule has 1 N–H and O–H groups in total. The molecule has 0 atom stereocenters. The Kier molecular flexibility index (Phi) is 3.49. The smallest absolute Gasteiger partial charge is 0.0456 e. The van der Waals surface area contributed by atoms with Gasteiger partial charge in [0.15, 0.2) is 0 Å². The molecule has 0 saturated carbocycles. The quantitative estimate of drug-likeness (QED) is 0.891. The van der Waals surface area contributed by atoms with Gasteiger partial charge in [0.1, 0.15) is 0 Å². The second-order valence-electron chi connectivity index (χ2n) is 5.69. The summed E-state index contributed by atoms with van der Waals surface area (Å²) < 4.78 is 0. The summed E-state index contributed by atoms with van der Waals surface area (Å²) in [6.07, 6.45) is 1.13. The van der Waals surface area contributed by atoms with Gasteiger partial charge in [-0.2, -0.15) is 0 Å². The highest BCUT2D eigenvalue weighted by Crippen LogP contribution is 2.32. The fourth-order valence-electron chi connectivity index (χ4n) is 3.12. The minimum absolute atomic E-state index is 0.973. The Morgan fingerprint density at radius 2 is 1.90 bits per heavy atom. The van der Waals surface area contributed by atoms with Crippen LogP contribution < -0.4 is 10.2 Å². The fraction of sp³-hybridized carbons (Fsp3) is 0.333. The highest BCUT2D eigenvalue weighted by atomic mass is 15.1. The predicted octanol–water partition coefficient (Wildman–Crippen LogP) is 3.72. The number of aryl methyl sites for hydroxylation is 2. The number of nitrogens with one attached hydrogen (secondary N) is 1. The van der Waals surface area contributed by atoms with E-state index in [1.807, 2.05) is 0 Å². The summed E-state index contributed by atoms with van der Waals surface area (Å²) in [5.74, 6) is 0. The molecule has 1 heterocycles. The molecule has 2 heteroatoms. The summed E-state index contributed by atoms with van der Waals surface area (Å²) in [6.45, 7) is 6.39. The van der Waals surface area contributed by atoms with Gasteiger partial charge in [-0.1, -0.05) is 29.8 Å². The number of nitrogens with zero attached hydrogens (tertiary/aromatic N) is 1. The second kappa shape index (κ2) is 5.29. The average molecular weight is 266 g/mol. The molecule has 0 fully saturated rings. The first-order valence-corrected chi connectivity index (χ1v) is 7.29. The molecule has 2 nitrogen and oxygen atoms in total. The molecule has 0 unspecified atom stereocenters. The van der Waals surface area contributed by atoms with Gasteiger partial charge in [0, 0.05) is 25.0 Å².